The third-order valence-electron chi connectivity index (χ3n) is 3.23. The summed E-state index contributed by atoms with van der Waals surface area (Å²) in [4.78, 5) is 11.9. The molecule has 21 heavy (non-hydrogen) atoms. The molecular weight excluding hydrogens is 262 g/mol. The molecule has 1 amide bonds. The van der Waals surface area contributed by atoms with Gasteiger partial charge in [-0.05, 0) is 37.5 Å². The van der Waals surface area contributed by atoms with Crippen LogP contribution in [0.25, 0.3) is 6.08 Å². The molecule has 0 saturated carbocycles. The van der Waals surface area contributed by atoms with Gasteiger partial charge in [0.05, 0.1) is 0 Å². The third kappa shape index (κ3) is 4.35. The molecule has 0 spiro atoms. The van der Waals surface area contributed by atoms with Crippen LogP contribution in [0.15, 0.2) is 24.3 Å². The van der Waals surface area contributed by atoms with E-state index in [2.05, 4.69) is 30.3 Å². The molecular formula is C17H23N3O. The van der Waals surface area contributed by atoms with Crippen molar-refractivity contribution in [3.05, 3.63) is 41.2 Å². The van der Waals surface area contributed by atoms with Crippen LogP contribution in [0.4, 0.5) is 0 Å². The fourth-order valence-electron chi connectivity index (χ4n) is 2.18. The second-order valence-corrected chi connectivity index (χ2v) is 5.50. The van der Waals surface area contributed by atoms with Gasteiger partial charge in [-0.3, -0.25) is 4.79 Å². The van der Waals surface area contributed by atoms with E-state index in [1.54, 1.807) is 12.2 Å². The highest BCUT2D eigenvalue weighted by Crippen LogP contribution is 2.19. The van der Waals surface area contributed by atoms with E-state index in [1.165, 1.54) is 0 Å². The molecule has 0 aliphatic heterocycles. The number of nitrogens with one attached hydrogen (secondary N) is 1. The Morgan fingerprint density at radius 3 is 2.71 bits per heavy atom. The van der Waals surface area contributed by atoms with E-state index in [-0.39, 0.29) is 11.5 Å². The standard InChI is InChI=1S/C17H23N3O/c1-6-7-19-17(21)16(10-18)9-15-8-13(4)20(14(15)5)11-12(2)3/h6,8-9,12H,1,7,11H2,2-5H3,(H,19,21)/b16-9+. The average molecular weight is 285 g/mol. The lowest BCUT2D eigenvalue weighted by Gasteiger charge is -2.12. The molecule has 0 radical (unpaired) electrons. The number of aromatic nitrogens is 1. The summed E-state index contributed by atoms with van der Waals surface area (Å²) in [6.45, 7) is 13.2. The number of nitriles is 1. The first-order chi connectivity index (χ1) is 9.90. The molecule has 1 aromatic heterocycles. The first-order valence-corrected chi connectivity index (χ1v) is 7.08. The summed E-state index contributed by atoms with van der Waals surface area (Å²) in [6, 6.07) is 3.97. The summed E-state index contributed by atoms with van der Waals surface area (Å²) in [5.74, 6) is 0.170. The van der Waals surface area contributed by atoms with Crippen molar-refractivity contribution in [2.75, 3.05) is 6.54 Å². The van der Waals surface area contributed by atoms with Gasteiger partial charge in [-0.15, -0.1) is 6.58 Å². The first-order valence-electron chi connectivity index (χ1n) is 7.08. The molecule has 4 heteroatoms. The van der Waals surface area contributed by atoms with Crippen LogP contribution in [0.1, 0.15) is 30.8 Å². The summed E-state index contributed by atoms with van der Waals surface area (Å²) >= 11 is 0. The lowest BCUT2D eigenvalue weighted by atomic mass is 10.1. The SMILES string of the molecule is C=CCNC(=O)/C(C#N)=C/c1cc(C)n(CC(C)C)c1C. The minimum atomic E-state index is -0.369. The highest BCUT2D eigenvalue weighted by atomic mass is 16.1. The van der Waals surface area contributed by atoms with Crippen LogP contribution < -0.4 is 5.32 Å². The minimum absolute atomic E-state index is 0.113. The van der Waals surface area contributed by atoms with Gasteiger partial charge in [0.25, 0.3) is 5.91 Å². The fourth-order valence-corrected chi connectivity index (χ4v) is 2.18. The van der Waals surface area contributed by atoms with Gasteiger partial charge in [-0.2, -0.15) is 5.26 Å². The van der Waals surface area contributed by atoms with Crippen molar-refractivity contribution in [1.29, 1.82) is 5.26 Å². The van der Waals surface area contributed by atoms with Crippen molar-refractivity contribution in [2.24, 2.45) is 5.92 Å². The van der Waals surface area contributed by atoms with Crippen molar-refractivity contribution in [3.63, 3.8) is 0 Å². The highest BCUT2D eigenvalue weighted by molar-refractivity contribution is 6.01. The molecule has 1 heterocycles. The summed E-state index contributed by atoms with van der Waals surface area (Å²) in [5, 5.41) is 11.8. The van der Waals surface area contributed by atoms with Crippen LogP contribution in [0.3, 0.4) is 0 Å². The number of carbonyl (C=O) groups is 1. The second kappa shape index (κ2) is 7.49. The summed E-state index contributed by atoms with van der Waals surface area (Å²) in [5.41, 5.74) is 3.24. The molecule has 0 atom stereocenters. The largest absolute Gasteiger partial charge is 0.348 e. The minimum Gasteiger partial charge on any atom is -0.348 e. The maximum atomic E-state index is 11.9. The van der Waals surface area contributed by atoms with E-state index >= 15 is 0 Å². The molecule has 0 bridgehead atoms. The quantitative estimate of drug-likeness (QED) is 0.496. The first kappa shape index (κ1) is 16.8. The van der Waals surface area contributed by atoms with E-state index in [0.29, 0.717) is 12.5 Å². The molecule has 0 fully saturated rings. The van der Waals surface area contributed by atoms with Gasteiger partial charge < -0.3 is 9.88 Å². The number of amides is 1. The lowest BCUT2D eigenvalue weighted by Crippen LogP contribution is -2.24. The number of nitrogens with zero attached hydrogens (tertiary/aromatic N) is 2. The molecule has 0 saturated heterocycles. The summed E-state index contributed by atoms with van der Waals surface area (Å²) < 4.78 is 2.22. The molecule has 0 aromatic carbocycles. The van der Waals surface area contributed by atoms with Crippen LogP contribution in [0.2, 0.25) is 0 Å². The van der Waals surface area contributed by atoms with Gasteiger partial charge in [0.2, 0.25) is 0 Å². The Morgan fingerprint density at radius 1 is 1.52 bits per heavy atom. The van der Waals surface area contributed by atoms with Crippen LogP contribution in [0, 0.1) is 31.1 Å². The molecule has 112 valence electrons. The Bertz CT molecular complexity index is 600. The van der Waals surface area contributed by atoms with E-state index in [9.17, 15) is 4.79 Å². The van der Waals surface area contributed by atoms with Crippen molar-refractivity contribution >= 4 is 12.0 Å². The monoisotopic (exact) mass is 285 g/mol. The number of aryl methyl sites for hydroxylation is 1. The predicted octanol–water partition coefficient (Wildman–Crippen LogP) is 2.97. The summed E-state index contributed by atoms with van der Waals surface area (Å²) in [6.07, 6.45) is 3.24. The van der Waals surface area contributed by atoms with Crippen molar-refractivity contribution in [3.8, 4) is 6.07 Å². The number of carbonyl (C=O) groups excluding carboxylic acids is 1. The average Bonchev–Trinajstić information content (AvgIpc) is 2.69. The molecule has 1 rings (SSSR count). The molecule has 1 aromatic rings. The lowest BCUT2D eigenvalue weighted by molar-refractivity contribution is -0.116. The maximum absolute atomic E-state index is 11.9. The predicted molar refractivity (Wildman–Crippen MR) is 85.5 cm³/mol. The van der Waals surface area contributed by atoms with Gasteiger partial charge in [0.15, 0.2) is 0 Å². The fraction of sp³-hybridized carbons (Fsp3) is 0.412. The molecule has 0 unspecified atom stereocenters. The van der Waals surface area contributed by atoms with Gasteiger partial charge in [0, 0.05) is 24.5 Å². The van der Waals surface area contributed by atoms with E-state index in [0.717, 1.165) is 23.5 Å². The number of rotatable bonds is 6. The molecule has 0 aliphatic carbocycles. The highest BCUT2D eigenvalue weighted by Gasteiger charge is 2.12. The number of hydrogen-bond acceptors (Lipinski definition) is 2. The van der Waals surface area contributed by atoms with Crippen LogP contribution in [-0.2, 0) is 11.3 Å². The Morgan fingerprint density at radius 2 is 2.19 bits per heavy atom. The third-order valence-corrected chi connectivity index (χ3v) is 3.23. The molecule has 4 nitrogen and oxygen atoms in total. The molecule has 0 aliphatic rings. The zero-order chi connectivity index (χ0) is 16.0. The molecule has 1 N–H and O–H groups in total. The van der Waals surface area contributed by atoms with Gasteiger partial charge in [-0.25, -0.2) is 0 Å². The van der Waals surface area contributed by atoms with E-state index in [4.69, 9.17) is 5.26 Å². The maximum Gasteiger partial charge on any atom is 0.262 e. The van der Waals surface area contributed by atoms with Crippen molar-refractivity contribution in [2.45, 2.75) is 34.2 Å². The van der Waals surface area contributed by atoms with Crippen LogP contribution in [0.5, 0.6) is 0 Å². The van der Waals surface area contributed by atoms with Gasteiger partial charge in [-0.1, -0.05) is 19.9 Å². The Balaban J connectivity index is 3.10. The number of hydrogen-bond donors (Lipinski definition) is 1. The van der Waals surface area contributed by atoms with Gasteiger partial charge in [0.1, 0.15) is 11.6 Å². The second-order valence-electron chi connectivity index (χ2n) is 5.50. The topological polar surface area (TPSA) is 57.8 Å². The summed E-state index contributed by atoms with van der Waals surface area (Å²) in [7, 11) is 0. The van der Waals surface area contributed by atoms with E-state index in [1.807, 2.05) is 26.0 Å². The smallest absolute Gasteiger partial charge is 0.262 e. The normalized spacial score (nSPS) is 11.3. The van der Waals surface area contributed by atoms with Crippen LogP contribution >= 0.6 is 0 Å². The Labute approximate surface area is 126 Å². The van der Waals surface area contributed by atoms with Gasteiger partial charge >= 0.3 is 0 Å². The van der Waals surface area contributed by atoms with Crippen molar-refractivity contribution < 1.29 is 4.79 Å². The Hall–Kier alpha value is -2.28. The Kier molecular flexibility index (Phi) is 5.98. The van der Waals surface area contributed by atoms with Crippen molar-refractivity contribution in [1.82, 2.24) is 9.88 Å². The zero-order valence-corrected chi connectivity index (χ0v) is 13.2. The van der Waals surface area contributed by atoms with Crippen LogP contribution in [-0.4, -0.2) is 17.0 Å². The van der Waals surface area contributed by atoms with E-state index < -0.39 is 0 Å². The zero-order valence-electron chi connectivity index (χ0n) is 13.2.